The molecule has 1 unspecified atom stereocenters. The summed E-state index contributed by atoms with van der Waals surface area (Å²) in [5.41, 5.74) is 6.46. The van der Waals surface area contributed by atoms with Crippen molar-refractivity contribution in [2.45, 2.75) is 13.0 Å². The van der Waals surface area contributed by atoms with Crippen LogP contribution in [0, 0.1) is 0 Å². The number of carbonyl (C=O) groups excluding carboxylic acids is 2. The molecule has 1 atom stereocenters. The average molecular weight is 266 g/mol. The Morgan fingerprint density at radius 2 is 2.16 bits per heavy atom. The standard InChI is InChI=1S/C13H18N2O4/c1-3-19-13(17)9-5-4-6-10(7-9)15-12(16)11(14)8-18-2/h4-7,11H,3,8,14H2,1-2H3,(H,15,16). The maximum atomic E-state index is 11.7. The Bertz CT molecular complexity index is 448. The lowest BCUT2D eigenvalue weighted by molar-refractivity contribution is -0.118. The fraction of sp³-hybridized carbons (Fsp3) is 0.385. The van der Waals surface area contributed by atoms with E-state index in [0.717, 1.165) is 0 Å². The number of nitrogens with two attached hydrogens (primary N) is 1. The van der Waals surface area contributed by atoms with Gasteiger partial charge in [0, 0.05) is 12.8 Å². The van der Waals surface area contributed by atoms with Crippen molar-refractivity contribution in [3.63, 3.8) is 0 Å². The first-order valence-electron chi connectivity index (χ1n) is 5.91. The summed E-state index contributed by atoms with van der Waals surface area (Å²) in [4.78, 5) is 23.2. The number of anilines is 1. The molecule has 19 heavy (non-hydrogen) atoms. The third-order valence-corrected chi connectivity index (χ3v) is 2.32. The molecule has 1 amide bonds. The molecule has 104 valence electrons. The molecule has 1 rings (SSSR count). The fourth-order valence-electron chi connectivity index (χ4n) is 1.43. The predicted molar refractivity (Wildman–Crippen MR) is 70.9 cm³/mol. The third kappa shape index (κ3) is 4.69. The van der Waals surface area contributed by atoms with Crippen molar-refractivity contribution in [3.8, 4) is 0 Å². The minimum atomic E-state index is -0.753. The van der Waals surface area contributed by atoms with Crippen LogP contribution in [0.1, 0.15) is 17.3 Å². The Morgan fingerprint density at radius 1 is 1.42 bits per heavy atom. The largest absolute Gasteiger partial charge is 0.462 e. The van der Waals surface area contributed by atoms with Gasteiger partial charge in [-0.05, 0) is 25.1 Å². The molecule has 1 aromatic rings. The molecule has 0 saturated heterocycles. The summed E-state index contributed by atoms with van der Waals surface area (Å²) in [5.74, 6) is -0.803. The summed E-state index contributed by atoms with van der Waals surface area (Å²) in [7, 11) is 1.47. The van der Waals surface area contributed by atoms with Gasteiger partial charge in [0.25, 0.3) is 0 Å². The number of benzene rings is 1. The van der Waals surface area contributed by atoms with Gasteiger partial charge in [-0.2, -0.15) is 0 Å². The first-order valence-corrected chi connectivity index (χ1v) is 5.91. The molecule has 0 aliphatic carbocycles. The quantitative estimate of drug-likeness (QED) is 0.742. The lowest BCUT2D eigenvalue weighted by Crippen LogP contribution is -2.39. The minimum absolute atomic E-state index is 0.128. The van der Waals surface area contributed by atoms with Gasteiger partial charge in [0.15, 0.2) is 0 Å². The van der Waals surface area contributed by atoms with Gasteiger partial charge in [0.2, 0.25) is 5.91 Å². The molecule has 6 nitrogen and oxygen atoms in total. The monoisotopic (exact) mass is 266 g/mol. The van der Waals surface area contributed by atoms with E-state index in [1.807, 2.05) is 0 Å². The van der Waals surface area contributed by atoms with Crippen LogP contribution in [0.25, 0.3) is 0 Å². The Balaban J connectivity index is 2.72. The number of hydrogen-bond donors (Lipinski definition) is 2. The van der Waals surface area contributed by atoms with Gasteiger partial charge in [-0.3, -0.25) is 4.79 Å². The molecule has 0 spiro atoms. The van der Waals surface area contributed by atoms with Crippen LogP contribution >= 0.6 is 0 Å². The van der Waals surface area contributed by atoms with Crippen molar-refractivity contribution in [2.75, 3.05) is 25.6 Å². The number of nitrogens with one attached hydrogen (secondary N) is 1. The molecule has 0 fully saturated rings. The van der Waals surface area contributed by atoms with E-state index >= 15 is 0 Å². The highest BCUT2D eigenvalue weighted by molar-refractivity contribution is 5.96. The van der Waals surface area contributed by atoms with Crippen LogP contribution in [0.2, 0.25) is 0 Å². The molecule has 0 aliphatic heterocycles. The topological polar surface area (TPSA) is 90.7 Å². The highest BCUT2D eigenvalue weighted by atomic mass is 16.5. The Morgan fingerprint density at radius 3 is 2.79 bits per heavy atom. The summed E-state index contributed by atoms with van der Waals surface area (Å²) < 4.78 is 9.67. The zero-order chi connectivity index (χ0) is 14.3. The van der Waals surface area contributed by atoms with Crippen molar-refractivity contribution in [2.24, 2.45) is 5.73 Å². The van der Waals surface area contributed by atoms with Crippen LogP contribution in [0.4, 0.5) is 5.69 Å². The van der Waals surface area contributed by atoms with Gasteiger partial charge in [0.05, 0.1) is 18.8 Å². The van der Waals surface area contributed by atoms with Crippen LogP contribution < -0.4 is 11.1 Å². The molecule has 0 radical (unpaired) electrons. The van der Waals surface area contributed by atoms with Gasteiger partial charge in [0.1, 0.15) is 6.04 Å². The smallest absolute Gasteiger partial charge is 0.338 e. The van der Waals surface area contributed by atoms with E-state index < -0.39 is 12.0 Å². The van der Waals surface area contributed by atoms with E-state index in [-0.39, 0.29) is 12.5 Å². The molecule has 1 aromatic carbocycles. The number of esters is 1. The first-order chi connectivity index (χ1) is 9.08. The van der Waals surface area contributed by atoms with Crippen LogP contribution in [-0.4, -0.2) is 38.2 Å². The molecule has 0 saturated carbocycles. The highest BCUT2D eigenvalue weighted by Gasteiger charge is 2.14. The molecule has 0 bridgehead atoms. The summed E-state index contributed by atoms with van der Waals surface area (Å²) in [6, 6.07) is 5.72. The van der Waals surface area contributed by atoms with Crippen molar-refractivity contribution >= 4 is 17.6 Å². The van der Waals surface area contributed by atoms with E-state index in [1.54, 1.807) is 25.1 Å². The van der Waals surface area contributed by atoms with E-state index in [2.05, 4.69) is 5.32 Å². The Hall–Kier alpha value is -1.92. The zero-order valence-corrected chi connectivity index (χ0v) is 11.0. The van der Waals surface area contributed by atoms with Crippen molar-refractivity contribution < 1.29 is 19.1 Å². The van der Waals surface area contributed by atoms with E-state index in [9.17, 15) is 9.59 Å². The average Bonchev–Trinajstić information content (AvgIpc) is 2.39. The van der Waals surface area contributed by atoms with Crippen molar-refractivity contribution in [1.29, 1.82) is 0 Å². The molecule has 0 heterocycles. The lowest BCUT2D eigenvalue weighted by Gasteiger charge is -2.11. The van der Waals surface area contributed by atoms with Gasteiger partial charge in [-0.1, -0.05) is 6.07 Å². The molecular weight excluding hydrogens is 248 g/mol. The molecule has 0 aliphatic rings. The number of rotatable bonds is 6. The molecule has 6 heteroatoms. The first kappa shape index (κ1) is 15.1. The van der Waals surface area contributed by atoms with E-state index in [1.165, 1.54) is 13.2 Å². The fourth-order valence-corrected chi connectivity index (χ4v) is 1.43. The second kappa shape index (κ2) is 7.50. The third-order valence-electron chi connectivity index (χ3n) is 2.32. The SMILES string of the molecule is CCOC(=O)c1cccc(NC(=O)C(N)COC)c1. The summed E-state index contributed by atoms with van der Waals surface area (Å²) in [6.07, 6.45) is 0. The summed E-state index contributed by atoms with van der Waals surface area (Å²) in [6.45, 7) is 2.16. The molecular formula is C13H18N2O4. The van der Waals surface area contributed by atoms with Gasteiger partial charge in [-0.25, -0.2) is 4.79 Å². The van der Waals surface area contributed by atoms with Crippen LogP contribution in [0.5, 0.6) is 0 Å². The molecule has 3 N–H and O–H groups in total. The Kier molecular flexibility index (Phi) is 5.98. The zero-order valence-electron chi connectivity index (χ0n) is 11.0. The van der Waals surface area contributed by atoms with Crippen LogP contribution in [-0.2, 0) is 14.3 Å². The van der Waals surface area contributed by atoms with Gasteiger partial charge >= 0.3 is 5.97 Å². The normalized spacial score (nSPS) is 11.7. The number of carbonyl (C=O) groups is 2. The van der Waals surface area contributed by atoms with E-state index in [0.29, 0.717) is 17.9 Å². The predicted octanol–water partition coefficient (Wildman–Crippen LogP) is 0.775. The second-order valence-corrected chi connectivity index (χ2v) is 3.85. The number of methoxy groups -OCH3 is 1. The second-order valence-electron chi connectivity index (χ2n) is 3.85. The van der Waals surface area contributed by atoms with Crippen molar-refractivity contribution in [1.82, 2.24) is 0 Å². The lowest BCUT2D eigenvalue weighted by atomic mass is 10.2. The highest BCUT2D eigenvalue weighted by Crippen LogP contribution is 2.12. The van der Waals surface area contributed by atoms with Gasteiger partial charge < -0.3 is 20.5 Å². The maximum absolute atomic E-state index is 11.7. The Labute approximate surface area is 111 Å². The van der Waals surface area contributed by atoms with Crippen LogP contribution in [0.15, 0.2) is 24.3 Å². The minimum Gasteiger partial charge on any atom is -0.462 e. The number of ether oxygens (including phenoxy) is 2. The van der Waals surface area contributed by atoms with E-state index in [4.69, 9.17) is 15.2 Å². The van der Waals surface area contributed by atoms with Crippen molar-refractivity contribution in [3.05, 3.63) is 29.8 Å². The van der Waals surface area contributed by atoms with Crippen LogP contribution in [0.3, 0.4) is 0 Å². The number of hydrogen-bond acceptors (Lipinski definition) is 5. The number of amides is 1. The summed E-state index contributed by atoms with van der Waals surface area (Å²) >= 11 is 0. The van der Waals surface area contributed by atoms with Gasteiger partial charge in [-0.15, -0.1) is 0 Å². The molecule has 0 aromatic heterocycles. The summed E-state index contributed by atoms with van der Waals surface area (Å²) in [5, 5.41) is 2.61. The maximum Gasteiger partial charge on any atom is 0.338 e.